The van der Waals surface area contributed by atoms with Gasteiger partial charge in [0.05, 0.1) is 16.3 Å². The van der Waals surface area contributed by atoms with Gasteiger partial charge in [-0.05, 0) is 43.5 Å². The number of hydrogen-bond donors (Lipinski definition) is 2. The Morgan fingerprint density at radius 1 is 1.25 bits per heavy atom. The lowest BCUT2D eigenvalue weighted by Gasteiger charge is -2.38. The molecule has 0 bridgehead atoms. The minimum absolute atomic E-state index is 0.207. The summed E-state index contributed by atoms with van der Waals surface area (Å²) in [6, 6.07) is 4.94. The molecule has 6 heteroatoms. The molecule has 1 saturated heterocycles. The fourth-order valence-electron chi connectivity index (χ4n) is 2.46. The van der Waals surface area contributed by atoms with Crippen LogP contribution in [-0.4, -0.2) is 28.6 Å². The lowest BCUT2D eigenvalue weighted by molar-refractivity contribution is 0.280. The number of nitrogens with zero attached hydrogens (tertiary/aromatic N) is 1. The normalized spacial score (nSPS) is 19.1. The average molecular weight is 297 g/mol. The molecule has 0 atom stereocenters. The molecular weight excluding hydrogens is 274 g/mol. The van der Waals surface area contributed by atoms with Crippen molar-refractivity contribution in [3.05, 3.63) is 18.2 Å². The third-order valence-corrected chi connectivity index (χ3v) is 5.45. The van der Waals surface area contributed by atoms with E-state index < -0.39 is 10.0 Å². The summed E-state index contributed by atoms with van der Waals surface area (Å²) in [4.78, 5) is 2.44. The van der Waals surface area contributed by atoms with E-state index in [0.29, 0.717) is 11.1 Å². The fourth-order valence-corrected chi connectivity index (χ4v) is 3.22. The molecule has 0 saturated carbocycles. The van der Waals surface area contributed by atoms with Crippen LogP contribution < -0.4 is 15.4 Å². The van der Waals surface area contributed by atoms with Crippen molar-refractivity contribution in [1.29, 1.82) is 0 Å². The molecular formula is C14H23N3O2S. The number of benzene rings is 1. The first-order chi connectivity index (χ1) is 9.25. The highest BCUT2D eigenvalue weighted by atomic mass is 32.2. The molecule has 112 valence electrons. The third-order valence-electron chi connectivity index (χ3n) is 4.04. The molecule has 20 heavy (non-hydrogen) atoms. The van der Waals surface area contributed by atoms with Crippen LogP contribution in [0.15, 0.2) is 23.1 Å². The molecule has 1 heterocycles. The molecule has 0 aromatic heterocycles. The van der Waals surface area contributed by atoms with E-state index in [0.717, 1.165) is 31.6 Å². The summed E-state index contributed by atoms with van der Waals surface area (Å²) in [5, 5.41) is 0. The SMILES string of the molecule is CNS(=O)(=O)c1ccc(N2CCC(C)(C)CC2)c(N)c1. The lowest BCUT2D eigenvalue weighted by Crippen LogP contribution is -2.37. The van der Waals surface area contributed by atoms with E-state index in [1.165, 1.54) is 13.1 Å². The zero-order valence-electron chi connectivity index (χ0n) is 12.3. The van der Waals surface area contributed by atoms with Crippen molar-refractivity contribution < 1.29 is 8.42 Å². The monoisotopic (exact) mass is 297 g/mol. The van der Waals surface area contributed by atoms with Crippen molar-refractivity contribution in [2.24, 2.45) is 5.41 Å². The van der Waals surface area contributed by atoms with Gasteiger partial charge in [-0.3, -0.25) is 0 Å². The maximum atomic E-state index is 11.7. The molecule has 0 radical (unpaired) electrons. The molecule has 0 unspecified atom stereocenters. The molecule has 3 N–H and O–H groups in total. The molecule has 0 aliphatic carbocycles. The smallest absolute Gasteiger partial charge is 0.240 e. The highest BCUT2D eigenvalue weighted by molar-refractivity contribution is 7.89. The highest BCUT2D eigenvalue weighted by Crippen LogP contribution is 2.34. The van der Waals surface area contributed by atoms with Crippen molar-refractivity contribution in [3.63, 3.8) is 0 Å². The quantitative estimate of drug-likeness (QED) is 0.834. The summed E-state index contributed by atoms with van der Waals surface area (Å²) in [7, 11) is -2.04. The Balaban J connectivity index is 2.23. The van der Waals surface area contributed by atoms with Crippen LogP contribution in [0.25, 0.3) is 0 Å². The Hall–Kier alpha value is -1.27. The molecule has 1 aliphatic heterocycles. The zero-order chi connectivity index (χ0) is 15.0. The van der Waals surface area contributed by atoms with Crippen LogP contribution in [0.1, 0.15) is 26.7 Å². The Kier molecular flexibility index (Phi) is 3.97. The van der Waals surface area contributed by atoms with Crippen molar-refractivity contribution in [2.75, 3.05) is 30.8 Å². The molecule has 5 nitrogen and oxygen atoms in total. The second-order valence-corrected chi connectivity index (χ2v) is 7.97. The van der Waals surface area contributed by atoms with Gasteiger partial charge < -0.3 is 10.6 Å². The summed E-state index contributed by atoms with van der Waals surface area (Å²) in [5.74, 6) is 0. The van der Waals surface area contributed by atoms with Gasteiger partial charge in [-0.2, -0.15) is 0 Å². The van der Waals surface area contributed by atoms with Crippen molar-refractivity contribution in [2.45, 2.75) is 31.6 Å². The van der Waals surface area contributed by atoms with Gasteiger partial charge >= 0.3 is 0 Å². The van der Waals surface area contributed by atoms with Gasteiger partial charge in [0.2, 0.25) is 10.0 Å². The Bertz CT molecular complexity index is 586. The number of rotatable bonds is 3. The summed E-state index contributed by atoms with van der Waals surface area (Å²) in [6.07, 6.45) is 2.23. The third kappa shape index (κ3) is 3.07. The number of nitrogen functional groups attached to an aromatic ring is 1. The summed E-state index contributed by atoms with van der Waals surface area (Å²) in [6.45, 7) is 6.46. The predicted octanol–water partition coefficient (Wildman–Crippen LogP) is 1.80. The summed E-state index contributed by atoms with van der Waals surface area (Å²) >= 11 is 0. The van der Waals surface area contributed by atoms with Crippen LogP contribution in [0.4, 0.5) is 11.4 Å². The van der Waals surface area contributed by atoms with E-state index >= 15 is 0 Å². The maximum Gasteiger partial charge on any atom is 0.240 e. The second-order valence-electron chi connectivity index (χ2n) is 6.08. The summed E-state index contributed by atoms with van der Waals surface area (Å²) in [5.41, 5.74) is 7.85. The van der Waals surface area contributed by atoms with Gasteiger partial charge in [0.1, 0.15) is 0 Å². The first kappa shape index (κ1) is 15.1. The second kappa shape index (κ2) is 5.26. The Morgan fingerprint density at radius 2 is 1.85 bits per heavy atom. The number of nitrogens with one attached hydrogen (secondary N) is 1. The van der Waals surface area contributed by atoms with E-state index in [1.54, 1.807) is 12.1 Å². The predicted molar refractivity (Wildman–Crippen MR) is 82.3 cm³/mol. The Morgan fingerprint density at radius 3 is 2.35 bits per heavy atom. The first-order valence-corrected chi connectivity index (χ1v) is 8.31. The number of piperidine rings is 1. The van der Waals surface area contributed by atoms with Crippen molar-refractivity contribution in [3.8, 4) is 0 Å². The van der Waals surface area contributed by atoms with Gasteiger partial charge in [-0.1, -0.05) is 13.8 Å². The van der Waals surface area contributed by atoms with Crippen molar-refractivity contribution in [1.82, 2.24) is 4.72 Å². The van der Waals surface area contributed by atoms with Crippen LogP contribution >= 0.6 is 0 Å². The summed E-state index contributed by atoms with van der Waals surface area (Å²) < 4.78 is 25.8. The molecule has 1 aromatic rings. The van der Waals surface area contributed by atoms with Crippen LogP contribution in [0, 0.1) is 5.41 Å². The van der Waals surface area contributed by atoms with E-state index in [9.17, 15) is 8.42 Å². The molecule has 1 aromatic carbocycles. The zero-order valence-corrected chi connectivity index (χ0v) is 13.1. The standard InChI is InChI=1S/C14H23N3O2S/c1-14(2)6-8-17(9-7-14)13-5-4-11(10-12(13)15)20(18,19)16-3/h4-5,10,16H,6-9,15H2,1-3H3. The van der Waals surface area contributed by atoms with Crippen molar-refractivity contribution >= 4 is 21.4 Å². The van der Waals surface area contributed by atoms with E-state index in [-0.39, 0.29) is 4.90 Å². The van der Waals surface area contributed by atoms with Gasteiger partial charge in [-0.25, -0.2) is 13.1 Å². The average Bonchev–Trinajstić information content (AvgIpc) is 2.39. The molecule has 2 rings (SSSR count). The molecule has 1 fully saturated rings. The van der Waals surface area contributed by atoms with E-state index in [2.05, 4.69) is 23.5 Å². The molecule has 1 aliphatic rings. The van der Waals surface area contributed by atoms with Crippen LogP contribution in [0.5, 0.6) is 0 Å². The minimum Gasteiger partial charge on any atom is -0.397 e. The van der Waals surface area contributed by atoms with Gasteiger partial charge in [0.25, 0.3) is 0 Å². The van der Waals surface area contributed by atoms with E-state index in [1.807, 2.05) is 0 Å². The fraction of sp³-hybridized carbons (Fsp3) is 0.571. The first-order valence-electron chi connectivity index (χ1n) is 6.83. The lowest BCUT2D eigenvalue weighted by atomic mass is 9.82. The topological polar surface area (TPSA) is 75.4 Å². The number of nitrogens with two attached hydrogens (primary N) is 1. The van der Waals surface area contributed by atoms with Crippen LogP contribution in [0.2, 0.25) is 0 Å². The molecule has 0 spiro atoms. The molecule has 0 amide bonds. The van der Waals surface area contributed by atoms with Crippen LogP contribution in [0.3, 0.4) is 0 Å². The maximum absolute atomic E-state index is 11.7. The van der Waals surface area contributed by atoms with Crippen LogP contribution in [-0.2, 0) is 10.0 Å². The number of anilines is 2. The van der Waals surface area contributed by atoms with Gasteiger partial charge in [0, 0.05) is 13.1 Å². The number of sulfonamides is 1. The van der Waals surface area contributed by atoms with Gasteiger partial charge in [0.15, 0.2) is 0 Å². The minimum atomic E-state index is -3.44. The van der Waals surface area contributed by atoms with E-state index in [4.69, 9.17) is 5.73 Å². The Labute approximate surface area is 121 Å². The number of hydrogen-bond acceptors (Lipinski definition) is 4. The van der Waals surface area contributed by atoms with Gasteiger partial charge in [-0.15, -0.1) is 0 Å². The highest BCUT2D eigenvalue weighted by Gasteiger charge is 2.26. The largest absolute Gasteiger partial charge is 0.397 e.